The quantitative estimate of drug-likeness (QED) is 0.854. The van der Waals surface area contributed by atoms with Crippen molar-refractivity contribution in [2.24, 2.45) is 0 Å². The summed E-state index contributed by atoms with van der Waals surface area (Å²) in [5, 5.41) is 7.51. The Kier molecular flexibility index (Phi) is 3.88. The van der Waals surface area contributed by atoms with Gasteiger partial charge in [-0.1, -0.05) is 0 Å². The molecule has 2 aromatic rings. The minimum absolute atomic E-state index is 0.0238. The Morgan fingerprint density at radius 1 is 1.44 bits per heavy atom. The van der Waals surface area contributed by atoms with Gasteiger partial charge in [-0.3, -0.25) is 4.68 Å². The van der Waals surface area contributed by atoms with Crippen molar-refractivity contribution in [1.29, 1.82) is 0 Å². The molecular weight excluding hydrogens is 230 g/mol. The number of nitrogens with zero attached hydrogens (tertiary/aromatic N) is 4. The molecule has 18 heavy (non-hydrogen) atoms. The molecule has 2 rings (SSSR count). The van der Waals surface area contributed by atoms with Gasteiger partial charge in [-0.15, -0.1) is 0 Å². The first-order valence-corrected chi connectivity index (χ1v) is 5.85. The molecule has 2 aromatic heterocycles. The minimum Gasteiger partial charge on any atom is -0.481 e. The zero-order valence-electron chi connectivity index (χ0n) is 10.8. The molecule has 0 amide bonds. The number of nitrogens with one attached hydrogen (secondary N) is 1. The number of aromatic nitrogens is 4. The monoisotopic (exact) mass is 247 g/mol. The first kappa shape index (κ1) is 12.5. The van der Waals surface area contributed by atoms with E-state index < -0.39 is 0 Å². The van der Waals surface area contributed by atoms with Crippen molar-refractivity contribution in [2.75, 3.05) is 14.2 Å². The Labute approximate surface area is 106 Å². The molecule has 0 radical (unpaired) electrons. The number of methoxy groups -OCH3 is 1. The fourth-order valence-corrected chi connectivity index (χ4v) is 1.92. The summed E-state index contributed by atoms with van der Waals surface area (Å²) < 4.78 is 7.06. The van der Waals surface area contributed by atoms with Crippen molar-refractivity contribution >= 4 is 0 Å². The van der Waals surface area contributed by atoms with Crippen LogP contribution in [-0.4, -0.2) is 33.9 Å². The number of rotatable bonds is 5. The third kappa shape index (κ3) is 2.33. The molecule has 0 fully saturated rings. The zero-order valence-corrected chi connectivity index (χ0v) is 10.8. The Morgan fingerprint density at radius 2 is 2.28 bits per heavy atom. The van der Waals surface area contributed by atoms with Gasteiger partial charge in [0, 0.05) is 18.8 Å². The maximum Gasteiger partial charge on any atom is 0.216 e. The lowest BCUT2D eigenvalue weighted by atomic mass is 10.1. The van der Waals surface area contributed by atoms with Gasteiger partial charge in [0.1, 0.15) is 6.33 Å². The molecule has 0 saturated carbocycles. The average molecular weight is 247 g/mol. The molecule has 1 unspecified atom stereocenters. The summed E-state index contributed by atoms with van der Waals surface area (Å²) in [6.45, 7) is 2.88. The first-order valence-electron chi connectivity index (χ1n) is 5.85. The van der Waals surface area contributed by atoms with Crippen LogP contribution < -0.4 is 10.1 Å². The summed E-state index contributed by atoms with van der Waals surface area (Å²) in [5.74, 6) is 0.558. The second-order valence-electron chi connectivity index (χ2n) is 3.78. The highest BCUT2D eigenvalue weighted by Gasteiger charge is 2.18. The molecule has 6 nitrogen and oxygen atoms in total. The van der Waals surface area contributed by atoms with Crippen molar-refractivity contribution in [2.45, 2.75) is 19.5 Å². The normalized spacial score (nSPS) is 12.4. The van der Waals surface area contributed by atoms with E-state index in [1.807, 2.05) is 23.9 Å². The van der Waals surface area contributed by atoms with Crippen molar-refractivity contribution in [1.82, 2.24) is 25.1 Å². The van der Waals surface area contributed by atoms with E-state index in [1.165, 1.54) is 6.33 Å². The van der Waals surface area contributed by atoms with E-state index in [2.05, 4.69) is 27.3 Å². The Bertz CT molecular complexity index is 511. The standard InChI is InChI=1S/C12H17N5O/c1-4-17-10(5-6-16-17)12(13-2)9-7-11(18-3)15-8-14-9/h5-8,12-13H,4H2,1-3H3. The van der Waals surface area contributed by atoms with Crippen molar-refractivity contribution in [3.8, 4) is 5.88 Å². The van der Waals surface area contributed by atoms with Crippen LogP contribution in [0.3, 0.4) is 0 Å². The molecule has 0 bridgehead atoms. The van der Waals surface area contributed by atoms with Gasteiger partial charge in [-0.25, -0.2) is 9.97 Å². The van der Waals surface area contributed by atoms with E-state index in [0.717, 1.165) is 17.9 Å². The molecule has 0 aromatic carbocycles. The Morgan fingerprint density at radius 3 is 2.94 bits per heavy atom. The molecular formula is C12H17N5O. The summed E-state index contributed by atoms with van der Waals surface area (Å²) in [7, 11) is 3.49. The lowest BCUT2D eigenvalue weighted by molar-refractivity contribution is 0.394. The van der Waals surface area contributed by atoms with Crippen LogP contribution in [0.15, 0.2) is 24.7 Å². The molecule has 2 heterocycles. The van der Waals surface area contributed by atoms with E-state index in [1.54, 1.807) is 13.3 Å². The molecule has 6 heteroatoms. The van der Waals surface area contributed by atoms with E-state index in [4.69, 9.17) is 4.74 Å². The molecule has 1 atom stereocenters. The second kappa shape index (κ2) is 5.59. The number of ether oxygens (including phenoxy) is 1. The molecule has 1 N–H and O–H groups in total. The highest BCUT2D eigenvalue weighted by molar-refractivity contribution is 5.24. The summed E-state index contributed by atoms with van der Waals surface area (Å²) in [6.07, 6.45) is 3.30. The predicted molar refractivity (Wildman–Crippen MR) is 67.4 cm³/mol. The summed E-state index contributed by atoms with van der Waals surface area (Å²) in [6, 6.07) is 3.79. The van der Waals surface area contributed by atoms with Gasteiger partial charge >= 0.3 is 0 Å². The number of hydrogen-bond acceptors (Lipinski definition) is 5. The van der Waals surface area contributed by atoms with E-state index in [0.29, 0.717) is 5.88 Å². The Hall–Kier alpha value is -1.95. The van der Waals surface area contributed by atoms with Gasteiger partial charge in [-0.05, 0) is 20.0 Å². The lowest BCUT2D eigenvalue weighted by Crippen LogP contribution is -2.22. The van der Waals surface area contributed by atoms with E-state index in [9.17, 15) is 0 Å². The van der Waals surface area contributed by atoms with Gasteiger partial charge in [0.2, 0.25) is 5.88 Å². The molecule has 0 aliphatic rings. The Balaban J connectivity index is 2.38. The van der Waals surface area contributed by atoms with Gasteiger partial charge in [0.25, 0.3) is 0 Å². The summed E-state index contributed by atoms with van der Waals surface area (Å²) in [4.78, 5) is 8.31. The maximum atomic E-state index is 5.12. The van der Waals surface area contributed by atoms with Crippen molar-refractivity contribution < 1.29 is 4.74 Å². The third-order valence-corrected chi connectivity index (χ3v) is 2.80. The second-order valence-corrected chi connectivity index (χ2v) is 3.78. The van der Waals surface area contributed by atoms with Gasteiger partial charge in [-0.2, -0.15) is 5.10 Å². The number of aryl methyl sites for hydroxylation is 1. The highest BCUT2D eigenvalue weighted by atomic mass is 16.5. The number of hydrogen-bond donors (Lipinski definition) is 1. The molecule has 96 valence electrons. The van der Waals surface area contributed by atoms with Gasteiger partial charge in [0.15, 0.2) is 0 Å². The highest BCUT2D eigenvalue weighted by Crippen LogP contribution is 2.21. The fraction of sp³-hybridized carbons (Fsp3) is 0.417. The van der Waals surface area contributed by atoms with Gasteiger partial charge < -0.3 is 10.1 Å². The zero-order chi connectivity index (χ0) is 13.0. The molecule has 0 aliphatic heterocycles. The van der Waals surface area contributed by atoms with Crippen molar-refractivity contribution in [3.63, 3.8) is 0 Å². The van der Waals surface area contributed by atoms with Crippen LogP contribution in [0.2, 0.25) is 0 Å². The maximum absolute atomic E-state index is 5.12. The fourth-order valence-electron chi connectivity index (χ4n) is 1.92. The lowest BCUT2D eigenvalue weighted by Gasteiger charge is -2.17. The van der Waals surface area contributed by atoms with Crippen molar-refractivity contribution in [3.05, 3.63) is 36.0 Å². The summed E-state index contributed by atoms with van der Waals surface area (Å²) >= 11 is 0. The van der Waals surface area contributed by atoms with E-state index in [-0.39, 0.29) is 6.04 Å². The van der Waals surface area contributed by atoms with Crippen LogP contribution in [0.1, 0.15) is 24.4 Å². The molecule has 0 spiro atoms. The van der Waals surface area contributed by atoms with Crippen LogP contribution in [0.25, 0.3) is 0 Å². The van der Waals surface area contributed by atoms with Crippen LogP contribution in [0, 0.1) is 0 Å². The summed E-state index contributed by atoms with van der Waals surface area (Å²) in [5.41, 5.74) is 1.93. The van der Waals surface area contributed by atoms with Crippen LogP contribution in [0.5, 0.6) is 5.88 Å². The largest absolute Gasteiger partial charge is 0.481 e. The predicted octanol–water partition coefficient (Wildman–Crippen LogP) is 1.01. The SMILES string of the molecule is CCn1nccc1C(NC)c1cc(OC)ncn1. The van der Waals surface area contributed by atoms with Crippen LogP contribution in [0.4, 0.5) is 0 Å². The molecule has 0 saturated heterocycles. The third-order valence-electron chi connectivity index (χ3n) is 2.80. The minimum atomic E-state index is -0.0238. The van der Waals surface area contributed by atoms with Crippen LogP contribution in [-0.2, 0) is 6.54 Å². The van der Waals surface area contributed by atoms with Gasteiger partial charge in [0.05, 0.1) is 24.5 Å². The molecule has 0 aliphatic carbocycles. The van der Waals surface area contributed by atoms with E-state index >= 15 is 0 Å². The smallest absolute Gasteiger partial charge is 0.216 e. The topological polar surface area (TPSA) is 64.9 Å². The average Bonchev–Trinajstić information content (AvgIpc) is 2.88. The first-order chi connectivity index (χ1) is 8.80. The van der Waals surface area contributed by atoms with Crippen LogP contribution >= 0.6 is 0 Å².